The first-order chi connectivity index (χ1) is 8.76. The Morgan fingerprint density at radius 2 is 2.00 bits per heavy atom. The Morgan fingerprint density at radius 1 is 1.47 bits per heavy atom. The average Bonchev–Trinajstić information content (AvgIpc) is 2.26. The van der Waals surface area contributed by atoms with Gasteiger partial charge in [-0.05, 0) is 26.7 Å². The Bertz CT molecular complexity index is 354. The molecule has 1 N–H and O–H groups in total. The molecule has 1 amide bonds. The van der Waals surface area contributed by atoms with E-state index in [9.17, 15) is 10.1 Å². The fourth-order valence-corrected chi connectivity index (χ4v) is 2.25. The maximum Gasteiger partial charge on any atom is 0.235 e. The third-order valence-corrected chi connectivity index (χ3v) is 3.65. The molecular weight excluding hydrogens is 242 g/mol. The van der Waals surface area contributed by atoms with Gasteiger partial charge in [-0.25, -0.2) is 0 Å². The molecule has 1 aliphatic heterocycles. The summed E-state index contributed by atoms with van der Waals surface area (Å²) in [6.07, 6.45) is 0.285. The molecule has 1 saturated heterocycles. The minimum absolute atomic E-state index is 0.0731. The molecule has 1 aliphatic rings. The van der Waals surface area contributed by atoms with Crippen LogP contribution in [-0.2, 0) is 9.53 Å². The molecular formula is C14H25N3O2. The highest BCUT2D eigenvalue weighted by Gasteiger charge is 2.31. The first-order valence-electron chi connectivity index (χ1n) is 6.87. The fraction of sp³-hybridized carbons (Fsp3) is 0.857. The van der Waals surface area contributed by atoms with Crippen LogP contribution in [0.15, 0.2) is 0 Å². The van der Waals surface area contributed by atoms with Gasteiger partial charge in [0, 0.05) is 13.1 Å². The zero-order valence-corrected chi connectivity index (χ0v) is 12.6. The molecule has 0 aromatic heterocycles. The molecule has 0 aromatic rings. The van der Waals surface area contributed by atoms with Gasteiger partial charge in [0.2, 0.25) is 5.91 Å². The molecule has 1 fully saturated rings. The van der Waals surface area contributed by atoms with E-state index >= 15 is 0 Å². The minimum Gasteiger partial charge on any atom is -0.373 e. The molecule has 0 unspecified atom stereocenters. The lowest BCUT2D eigenvalue weighted by atomic mass is 9.90. The largest absolute Gasteiger partial charge is 0.373 e. The summed E-state index contributed by atoms with van der Waals surface area (Å²) in [5, 5.41) is 12.0. The summed E-state index contributed by atoms with van der Waals surface area (Å²) in [5.74, 6) is -0.0250. The first kappa shape index (κ1) is 15.9. The van der Waals surface area contributed by atoms with Gasteiger partial charge in [-0.2, -0.15) is 5.26 Å². The summed E-state index contributed by atoms with van der Waals surface area (Å²) in [4.78, 5) is 14.1. The van der Waals surface area contributed by atoms with Gasteiger partial charge in [0.25, 0.3) is 0 Å². The monoisotopic (exact) mass is 267 g/mol. The van der Waals surface area contributed by atoms with E-state index in [0.717, 1.165) is 13.1 Å². The van der Waals surface area contributed by atoms with Crippen molar-refractivity contribution in [3.8, 4) is 6.07 Å². The smallest absolute Gasteiger partial charge is 0.235 e. The van der Waals surface area contributed by atoms with Crippen molar-refractivity contribution in [2.24, 2.45) is 5.92 Å². The summed E-state index contributed by atoms with van der Waals surface area (Å²) < 4.78 is 5.63. The standard InChI is InChI=1S/C14H25N3O2/c1-10(2)14(5,9-15)16-13(18)8-17-6-11(3)19-12(4)7-17/h10-12H,6-8H2,1-5H3,(H,16,18)/t11-,12-,14+/m1/s1. The number of amides is 1. The van der Waals surface area contributed by atoms with Crippen molar-refractivity contribution < 1.29 is 9.53 Å². The average molecular weight is 267 g/mol. The van der Waals surface area contributed by atoms with Crippen LogP contribution >= 0.6 is 0 Å². The van der Waals surface area contributed by atoms with Crippen LogP contribution in [0.3, 0.4) is 0 Å². The van der Waals surface area contributed by atoms with Crippen LogP contribution in [0.25, 0.3) is 0 Å². The fourth-order valence-electron chi connectivity index (χ4n) is 2.25. The highest BCUT2D eigenvalue weighted by molar-refractivity contribution is 5.79. The number of carbonyl (C=O) groups is 1. The number of rotatable bonds is 4. The normalized spacial score (nSPS) is 27.6. The van der Waals surface area contributed by atoms with Crippen molar-refractivity contribution in [2.75, 3.05) is 19.6 Å². The van der Waals surface area contributed by atoms with Gasteiger partial charge in [-0.3, -0.25) is 9.69 Å². The number of hydrogen-bond donors (Lipinski definition) is 1. The minimum atomic E-state index is -0.805. The van der Waals surface area contributed by atoms with E-state index in [1.165, 1.54) is 0 Å². The van der Waals surface area contributed by atoms with Crippen LogP contribution in [0.5, 0.6) is 0 Å². The number of nitriles is 1. The van der Waals surface area contributed by atoms with E-state index in [-0.39, 0.29) is 24.0 Å². The molecule has 1 rings (SSSR count). The van der Waals surface area contributed by atoms with Gasteiger partial charge in [0.1, 0.15) is 5.54 Å². The zero-order valence-electron chi connectivity index (χ0n) is 12.6. The van der Waals surface area contributed by atoms with Gasteiger partial charge in [0.05, 0.1) is 24.8 Å². The van der Waals surface area contributed by atoms with Crippen molar-refractivity contribution in [1.29, 1.82) is 5.26 Å². The number of morpholine rings is 1. The zero-order chi connectivity index (χ0) is 14.6. The van der Waals surface area contributed by atoms with Crippen LogP contribution in [-0.4, -0.2) is 48.2 Å². The first-order valence-corrected chi connectivity index (χ1v) is 6.87. The predicted octanol–water partition coefficient (Wildman–Crippen LogP) is 1.15. The molecule has 0 aliphatic carbocycles. The molecule has 5 nitrogen and oxygen atoms in total. The number of ether oxygens (including phenoxy) is 1. The SMILES string of the molecule is CC(C)[C@](C)(C#N)NC(=O)CN1C[C@@H](C)O[C@H](C)C1. The molecule has 0 saturated carbocycles. The van der Waals surface area contributed by atoms with Crippen LogP contribution in [0.2, 0.25) is 0 Å². The maximum atomic E-state index is 12.1. The number of nitrogens with zero attached hydrogens (tertiary/aromatic N) is 2. The van der Waals surface area contributed by atoms with Crippen molar-refractivity contribution in [3.63, 3.8) is 0 Å². The third-order valence-electron chi connectivity index (χ3n) is 3.65. The molecule has 108 valence electrons. The summed E-state index contributed by atoms with van der Waals surface area (Å²) >= 11 is 0. The summed E-state index contributed by atoms with van der Waals surface area (Å²) in [7, 11) is 0. The van der Waals surface area contributed by atoms with E-state index in [4.69, 9.17) is 4.74 Å². The molecule has 0 spiro atoms. The van der Waals surface area contributed by atoms with E-state index in [0.29, 0.717) is 6.54 Å². The predicted molar refractivity (Wildman–Crippen MR) is 73.4 cm³/mol. The second kappa shape index (κ2) is 6.36. The molecule has 19 heavy (non-hydrogen) atoms. The van der Waals surface area contributed by atoms with Crippen molar-refractivity contribution >= 4 is 5.91 Å². The number of hydrogen-bond acceptors (Lipinski definition) is 4. The van der Waals surface area contributed by atoms with Crippen LogP contribution < -0.4 is 5.32 Å². The lowest BCUT2D eigenvalue weighted by molar-refractivity contribution is -0.127. The Morgan fingerprint density at radius 3 is 2.42 bits per heavy atom. The van der Waals surface area contributed by atoms with E-state index in [1.807, 2.05) is 27.7 Å². The third kappa shape index (κ3) is 4.48. The molecule has 0 aromatic carbocycles. The lowest BCUT2D eigenvalue weighted by Gasteiger charge is -2.35. The summed E-state index contributed by atoms with van der Waals surface area (Å²) in [5.41, 5.74) is -0.805. The molecule has 1 heterocycles. The van der Waals surface area contributed by atoms with E-state index < -0.39 is 5.54 Å². The van der Waals surface area contributed by atoms with E-state index in [2.05, 4.69) is 16.3 Å². The summed E-state index contributed by atoms with van der Waals surface area (Å²) in [6.45, 7) is 11.5. The van der Waals surface area contributed by atoms with Crippen LogP contribution in [0.4, 0.5) is 0 Å². The maximum absolute atomic E-state index is 12.1. The molecule has 5 heteroatoms. The summed E-state index contributed by atoms with van der Waals surface area (Å²) in [6, 6.07) is 2.19. The van der Waals surface area contributed by atoms with Gasteiger partial charge in [-0.15, -0.1) is 0 Å². The van der Waals surface area contributed by atoms with Crippen molar-refractivity contribution in [2.45, 2.75) is 52.4 Å². The topological polar surface area (TPSA) is 65.4 Å². The highest BCUT2D eigenvalue weighted by Crippen LogP contribution is 2.15. The van der Waals surface area contributed by atoms with Crippen molar-refractivity contribution in [3.05, 3.63) is 0 Å². The van der Waals surface area contributed by atoms with Gasteiger partial charge in [-0.1, -0.05) is 13.8 Å². The Kier molecular flexibility index (Phi) is 5.33. The van der Waals surface area contributed by atoms with Gasteiger partial charge in [0.15, 0.2) is 0 Å². The van der Waals surface area contributed by atoms with Crippen molar-refractivity contribution in [1.82, 2.24) is 10.2 Å². The molecule has 0 radical (unpaired) electrons. The number of nitrogens with one attached hydrogen (secondary N) is 1. The molecule has 0 bridgehead atoms. The quantitative estimate of drug-likeness (QED) is 0.830. The number of carbonyl (C=O) groups excluding carboxylic acids is 1. The van der Waals surface area contributed by atoms with E-state index in [1.54, 1.807) is 6.92 Å². The Balaban J connectivity index is 2.54. The van der Waals surface area contributed by atoms with Crippen LogP contribution in [0, 0.1) is 17.2 Å². The second-order valence-corrected chi connectivity index (χ2v) is 5.97. The van der Waals surface area contributed by atoms with Gasteiger partial charge >= 0.3 is 0 Å². The second-order valence-electron chi connectivity index (χ2n) is 5.97. The highest BCUT2D eigenvalue weighted by atomic mass is 16.5. The Hall–Kier alpha value is -1.12. The lowest BCUT2D eigenvalue weighted by Crippen LogP contribution is -2.54. The Labute approximate surface area is 115 Å². The van der Waals surface area contributed by atoms with Crippen LogP contribution in [0.1, 0.15) is 34.6 Å². The van der Waals surface area contributed by atoms with Gasteiger partial charge < -0.3 is 10.1 Å². The molecule has 3 atom stereocenters.